The highest BCUT2D eigenvalue weighted by atomic mass is 19.1. The molecule has 0 radical (unpaired) electrons. The van der Waals surface area contributed by atoms with Gasteiger partial charge in [-0.25, -0.2) is 14.0 Å². The molecule has 0 fully saturated rings. The standard InChI is InChI=1S/C33H46FN5O4/c1-33(2,3)43-31(40)27-21-28(34)30(38-19-9-18-37-16-7-6-15-36-17-8-14-35)22-29(27)39-32(41)42-23-24-12-13-25-10-4-5-11-26(25)20-24/h4-5,10-13,20-22,36-38H,6-9,14-19,23,35H2,1-3H3,(H,39,41). The summed E-state index contributed by atoms with van der Waals surface area (Å²) in [6.07, 6.45) is 3.14. The van der Waals surface area contributed by atoms with Gasteiger partial charge >= 0.3 is 12.1 Å². The number of carbonyl (C=O) groups is 2. The molecule has 0 aliphatic carbocycles. The second kappa shape index (κ2) is 17.4. The number of anilines is 2. The zero-order valence-electron chi connectivity index (χ0n) is 25.6. The Bertz CT molecular complexity index is 1330. The number of nitrogens with one attached hydrogen (secondary N) is 4. The molecule has 0 bridgehead atoms. The minimum atomic E-state index is -0.799. The fourth-order valence-electron chi connectivity index (χ4n) is 4.35. The molecule has 1 amide bonds. The Kier molecular flexibility index (Phi) is 13.7. The van der Waals surface area contributed by atoms with Crippen molar-refractivity contribution < 1.29 is 23.5 Å². The third-order valence-corrected chi connectivity index (χ3v) is 6.51. The van der Waals surface area contributed by atoms with E-state index in [2.05, 4.69) is 21.3 Å². The van der Waals surface area contributed by atoms with Crippen molar-refractivity contribution in [1.82, 2.24) is 10.6 Å². The average Bonchev–Trinajstić information content (AvgIpc) is 2.97. The SMILES string of the molecule is CC(C)(C)OC(=O)c1cc(F)c(NCCCNCCCCNCCCN)cc1NC(=O)OCc1ccc2ccccc2c1. The Morgan fingerprint density at radius 1 is 0.814 bits per heavy atom. The van der Waals surface area contributed by atoms with Gasteiger partial charge in [0.15, 0.2) is 0 Å². The summed E-state index contributed by atoms with van der Waals surface area (Å²) in [7, 11) is 0. The highest BCUT2D eigenvalue weighted by molar-refractivity contribution is 6.00. The lowest BCUT2D eigenvalue weighted by Crippen LogP contribution is -2.25. The number of nitrogens with two attached hydrogens (primary N) is 1. The van der Waals surface area contributed by atoms with Crippen LogP contribution in [0.4, 0.5) is 20.6 Å². The van der Waals surface area contributed by atoms with Crippen molar-refractivity contribution in [1.29, 1.82) is 0 Å². The van der Waals surface area contributed by atoms with Crippen LogP contribution in [0.25, 0.3) is 10.8 Å². The third kappa shape index (κ3) is 12.2. The number of halogens is 1. The lowest BCUT2D eigenvalue weighted by molar-refractivity contribution is 0.00702. The molecule has 0 aliphatic rings. The smallest absolute Gasteiger partial charge is 0.411 e. The number of hydrogen-bond acceptors (Lipinski definition) is 8. The second-order valence-corrected chi connectivity index (χ2v) is 11.4. The van der Waals surface area contributed by atoms with Gasteiger partial charge in [0.25, 0.3) is 0 Å². The summed E-state index contributed by atoms with van der Waals surface area (Å²) in [6, 6.07) is 16.2. The minimum absolute atomic E-state index is 0.0303. The Hall–Kier alpha value is -3.73. The van der Waals surface area contributed by atoms with Crippen molar-refractivity contribution in [3.05, 3.63) is 71.5 Å². The monoisotopic (exact) mass is 595 g/mol. The van der Waals surface area contributed by atoms with E-state index in [1.807, 2.05) is 42.5 Å². The zero-order valence-corrected chi connectivity index (χ0v) is 25.6. The number of hydrogen-bond donors (Lipinski definition) is 5. The number of ether oxygens (including phenoxy) is 2. The molecule has 0 aliphatic heterocycles. The summed E-state index contributed by atoms with van der Waals surface area (Å²) >= 11 is 0. The van der Waals surface area contributed by atoms with Crippen LogP contribution in [-0.4, -0.2) is 56.9 Å². The highest BCUT2D eigenvalue weighted by Crippen LogP contribution is 2.27. The second-order valence-electron chi connectivity index (χ2n) is 11.4. The average molecular weight is 596 g/mol. The van der Waals surface area contributed by atoms with E-state index in [4.69, 9.17) is 15.2 Å². The molecule has 234 valence electrons. The van der Waals surface area contributed by atoms with Crippen LogP contribution in [0, 0.1) is 5.82 Å². The molecule has 0 saturated carbocycles. The van der Waals surface area contributed by atoms with Crippen LogP contribution >= 0.6 is 0 Å². The number of fused-ring (bicyclic) bond motifs is 1. The van der Waals surface area contributed by atoms with E-state index < -0.39 is 23.5 Å². The molecule has 0 unspecified atom stereocenters. The predicted octanol–water partition coefficient (Wildman–Crippen LogP) is 5.79. The molecule has 0 atom stereocenters. The molecule has 0 heterocycles. The van der Waals surface area contributed by atoms with Gasteiger partial charge in [0.05, 0.1) is 16.9 Å². The van der Waals surface area contributed by atoms with Crippen molar-refractivity contribution in [2.75, 3.05) is 49.9 Å². The van der Waals surface area contributed by atoms with Crippen LogP contribution in [0.3, 0.4) is 0 Å². The van der Waals surface area contributed by atoms with E-state index in [0.717, 1.165) is 74.3 Å². The van der Waals surface area contributed by atoms with Gasteiger partial charge in [0, 0.05) is 6.54 Å². The molecular formula is C33H46FN5O4. The first kappa shape index (κ1) is 33.8. The lowest BCUT2D eigenvalue weighted by atomic mass is 10.1. The van der Waals surface area contributed by atoms with E-state index in [0.29, 0.717) is 13.1 Å². The molecule has 3 aromatic carbocycles. The largest absolute Gasteiger partial charge is 0.456 e. The molecule has 0 aromatic heterocycles. The van der Waals surface area contributed by atoms with Crippen molar-refractivity contribution >= 4 is 34.2 Å². The fraction of sp³-hybridized carbons (Fsp3) is 0.455. The minimum Gasteiger partial charge on any atom is -0.456 e. The van der Waals surface area contributed by atoms with Crippen molar-refractivity contribution in [3.63, 3.8) is 0 Å². The summed E-state index contributed by atoms with van der Waals surface area (Å²) in [5, 5.41) is 14.5. The molecule has 43 heavy (non-hydrogen) atoms. The first-order valence-corrected chi connectivity index (χ1v) is 15.0. The number of unbranched alkanes of at least 4 members (excludes halogenated alkanes) is 1. The van der Waals surface area contributed by atoms with Crippen molar-refractivity contribution in [3.8, 4) is 0 Å². The topological polar surface area (TPSA) is 127 Å². The Labute approximate surface area is 254 Å². The number of esters is 1. The number of carbonyl (C=O) groups excluding carboxylic acids is 2. The summed E-state index contributed by atoms with van der Waals surface area (Å²) in [5.74, 6) is -1.37. The number of amides is 1. The van der Waals surface area contributed by atoms with E-state index in [-0.39, 0.29) is 23.5 Å². The fourth-order valence-corrected chi connectivity index (χ4v) is 4.35. The quantitative estimate of drug-likeness (QED) is 0.0980. The first-order valence-electron chi connectivity index (χ1n) is 15.0. The van der Waals surface area contributed by atoms with Crippen LogP contribution in [0.5, 0.6) is 0 Å². The van der Waals surface area contributed by atoms with Crippen LogP contribution in [0.1, 0.15) is 62.4 Å². The lowest BCUT2D eigenvalue weighted by Gasteiger charge is -2.21. The Morgan fingerprint density at radius 3 is 2.19 bits per heavy atom. The number of benzene rings is 3. The van der Waals surface area contributed by atoms with Crippen LogP contribution in [0.2, 0.25) is 0 Å². The van der Waals surface area contributed by atoms with Gasteiger partial charge in [-0.3, -0.25) is 5.32 Å². The molecule has 0 spiro atoms. The van der Waals surface area contributed by atoms with Gasteiger partial charge in [-0.15, -0.1) is 0 Å². The summed E-state index contributed by atoms with van der Waals surface area (Å²) in [5.41, 5.74) is 5.67. The van der Waals surface area contributed by atoms with E-state index in [1.165, 1.54) is 6.07 Å². The molecular weight excluding hydrogens is 549 g/mol. The van der Waals surface area contributed by atoms with Crippen molar-refractivity contribution in [2.45, 2.75) is 58.7 Å². The van der Waals surface area contributed by atoms with Gasteiger partial charge in [-0.1, -0.05) is 36.4 Å². The normalized spacial score (nSPS) is 11.4. The molecule has 9 nitrogen and oxygen atoms in total. The zero-order chi connectivity index (χ0) is 31.1. The number of rotatable bonds is 17. The van der Waals surface area contributed by atoms with E-state index in [9.17, 15) is 9.59 Å². The summed E-state index contributed by atoms with van der Waals surface area (Å²) < 4.78 is 25.9. The van der Waals surface area contributed by atoms with Crippen LogP contribution in [-0.2, 0) is 16.1 Å². The Morgan fingerprint density at radius 2 is 1.49 bits per heavy atom. The molecule has 6 N–H and O–H groups in total. The molecule has 0 saturated heterocycles. The van der Waals surface area contributed by atoms with E-state index >= 15 is 4.39 Å². The van der Waals surface area contributed by atoms with Crippen LogP contribution in [0.15, 0.2) is 54.6 Å². The Balaban J connectivity index is 1.55. The van der Waals surface area contributed by atoms with Gasteiger partial charge in [-0.2, -0.15) is 0 Å². The van der Waals surface area contributed by atoms with Gasteiger partial charge in [-0.05, 0) is 114 Å². The maximum Gasteiger partial charge on any atom is 0.411 e. The van der Waals surface area contributed by atoms with Crippen molar-refractivity contribution in [2.24, 2.45) is 5.73 Å². The first-order chi connectivity index (χ1) is 20.7. The third-order valence-electron chi connectivity index (χ3n) is 6.51. The maximum absolute atomic E-state index is 15.0. The van der Waals surface area contributed by atoms with E-state index in [1.54, 1.807) is 20.8 Å². The maximum atomic E-state index is 15.0. The van der Waals surface area contributed by atoms with Gasteiger partial charge in [0.2, 0.25) is 0 Å². The van der Waals surface area contributed by atoms with Gasteiger partial charge < -0.3 is 31.2 Å². The molecule has 3 aromatic rings. The van der Waals surface area contributed by atoms with Gasteiger partial charge in [0.1, 0.15) is 18.0 Å². The molecule has 3 rings (SSSR count). The summed E-state index contributed by atoms with van der Waals surface area (Å²) in [4.78, 5) is 25.6. The van der Waals surface area contributed by atoms with Crippen LogP contribution < -0.4 is 27.0 Å². The highest BCUT2D eigenvalue weighted by Gasteiger charge is 2.24. The predicted molar refractivity (Wildman–Crippen MR) is 171 cm³/mol. The molecule has 10 heteroatoms. The summed E-state index contributed by atoms with van der Waals surface area (Å²) in [6.45, 7) is 10.0.